The lowest BCUT2D eigenvalue weighted by atomic mass is 10.2. The van der Waals surface area contributed by atoms with Crippen molar-refractivity contribution in [3.63, 3.8) is 0 Å². The third-order valence-corrected chi connectivity index (χ3v) is 4.63. The number of aliphatic hydroxyl groups excluding tert-OH is 1. The van der Waals surface area contributed by atoms with Crippen LogP contribution < -0.4 is 4.72 Å². The Hall–Kier alpha value is -1.57. The topological polar surface area (TPSA) is 95.1 Å². The van der Waals surface area contributed by atoms with Crippen molar-refractivity contribution in [2.24, 2.45) is 0 Å². The molecule has 0 fully saturated rings. The highest BCUT2D eigenvalue weighted by Gasteiger charge is 2.24. The fourth-order valence-corrected chi connectivity index (χ4v) is 3.61. The summed E-state index contributed by atoms with van der Waals surface area (Å²) in [5, 5.41) is 15.8. The van der Waals surface area contributed by atoms with Crippen molar-refractivity contribution in [2.75, 3.05) is 4.72 Å². The minimum Gasteiger partial charge on any atom is -0.390 e. The highest BCUT2D eigenvalue weighted by molar-refractivity contribution is 7.92. The first kappa shape index (κ1) is 14.8. The molecule has 0 saturated heterocycles. The van der Waals surface area contributed by atoms with Crippen LogP contribution in [-0.4, -0.2) is 23.7 Å². The molecule has 0 unspecified atom stereocenters. The number of aromatic amines is 1. The van der Waals surface area contributed by atoms with Gasteiger partial charge in [0.1, 0.15) is 10.6 Å². The smallest absolute Gasteiger partial charge is 0.265 e. The summed E-state index contributed by atoms with van der Waals surface area (Å²) in [6, 6.07) is 5.00. The predicted octanol–water partition coefficient (Wildman–Crippen LogP) is 1.97. The molecule has 0 aliphatic rings. The van der Waals surface area contributed by atoms with Gasteiger partial charge in [0.25, 0.3) is 10.0 Å². The van der Waals surface area contributed by atoms with Crippen molar-refractivity contribution >= 4 is 27.3 Å². The second-order valence-electron chi connectivity index (χ2n) is 4.37. The van der Waals surface area contributed by atoms with Crippen molar-refractivity contribution in [3.8, 4) is 0 Å². The zero-order valence-electron chi connectivity index (χ0n) is 10.9. The Morgan fingerprint density at radius 1 is 1.40 bits per heavy atom. The number of aryl methyl sites for hydroxylation is 2. The minimum atomic E-state index is -3.87. The number of aliphatic hydroxyl groups is 1. The molecule has 0 bridgehead atoms. The SMILES string of the molecule is Cc1ccc(NS(=O)(=O)c2c(CO)n[nH]c2C)c(Cl)c1. The number of hydrogen-bond donors (Lipinski definition) is 3. The van der Waals surface area contributed by atoms with Gasteiger partial charge in [0, 0.05) is 0 Å². The standard InChI is InChI=1S/C12H14ClN3O3S/c1-7-3-4-10(9(13)5-7)16-20(18,19)12-8(2)14-15-11(12)6-17/h3-5,16-17H,6H2,1-2H3,(H,14,15). The molecule has 0 saturated carbocycles. The summed E-state index contributed by atoms with van der Waals surface area (Å²) in [5.74, 6) is 0. The number of hydrogen-bond acceptors (Lipinski definition) is 4. The van der Waals surface area contributed by atoms with E-state index in [1.807, 2.05) is 6.92 Å². The summed E-state index contributed by atoms with van der Waals surface area (Å²) < 4.78 is 27.1. The van der Waals surface area contributed by atoms with Crippen LogP contribution in [-0.2, 0) is 16.6 Å². The first-order valence-corrected chi connectivity index (χ1v) is 7.65. The first-order chi connectivity index (χ1) is 9.35. The third kappa shape index (κ3) is 2.79. The monoisotopic (exact) mass is 315 g/mol. The van der Waals surface area contributed by atoms with Crippen molar-refractivity contribution in [2.45, 2.75) is 25.3 Å². The summed E-state index contributed by atoms with van der Waals surface area (Å²) in [6.45, 7) is 2.95. The number of benzene rings is 1. The van der Waals surface area contributed by atoms with Gasteiger partial charge in [0.15, 0.2) is 0 Å². The highest BCUT2D eigenvalue weighted by atomic mass is 35.5. The van der Waals surface area contributed by atoms with Crippen LogP contribution in [0.5, 0.6) is 0 Å². The van der Waals surface area contributed by atoms with Crippen LogP contribution in [0.2, 0.25) is 5.02 Å². The number of aromatic nitrogens is 2. The molecule has 0 spiro atoms. The number of sulfonamides is 1. The van der Waals surface area contributed by atoms with E-state index in [1.165, 1.54) is 0 Å². The van der Waals surface area contributed by atoms with E-state index >= 15 is 0 Å². The maximum atomic E-state index is 12.4. The van der Waals surface area contributed by atoms with E-state index in [9.17, 15) is 8.42 Å². The summed E-state index contributed by atoms with van der Waals surface area (Å²) in [6.07, 6.45) is 0. The summed E-state index contributed by atoms with van der Waals surface area (Å²) >= 11 is 6.01. The van der Waals surface area contributed by atoms with Crippen LogP contribution in [0.3, 0.4) is 0 Å². The van der Waals surface area contributed by atoms with Crippen molar-refractivity contribution in [1.29, 1.82) is 0 Å². The summed E-state index contributed by atoms with van der Waals surface area (Å²) in [7, 11) is -3.87. The number of rotatable bonds is 4. The molecule has 2 aromatic rings. The lowest BCUT2D eigenvalue weighted by Crippen LogP contribution is -2.15. The van der Waals surface area contributed by atoms with E-state index in [2.05, 4.69) is 14.9 Å². The molecule has 8 heteroatoms. The Bertz CT molecular complexity index is 740. The molecule has 0 amide bonds. The maximum absolute atomic E-state index is 12.4. The Morgan fingerprint density at radius 2 is 2.10 bits per heavy atom. The Morgan fingerprint density at radius 3 is 2.70 bits per heavy atom. The average Bonchev–Trinajstić information content (AvgIpc) is 2.75. The normalized spacial score (nSPS) is 11.6. The lowest BCUT2D eigenvalue weighted by Gasteiger charge is -2.10. The average molecular weight is 316 g/mol. The van der Waals surface area contributed by atoms with Gasteiger partial charge in [-0.2, -0.15) is 5.10 Å². The molecular weight excluding hydrogens is 302 g/mol. The van der Waals surface area contributed by atoms with E-state index in [-0.39, 0.29) is 16.3 Å². The van der Waals surface area contributed by atoms with Crippen molar-refractivity contribution in [1.82, 2.24) is 10.2 Å². The van der Waals surface area contributed by atoms with Crippen LogP contribution >= 0.6 is 11.6 Å². The molecular formula is C12H14ClN3O3S. The minimum absolute atomic E-state index is 0.0587. The molecule has 6 nitrogen and oxygen atoms in total. The summed E-state index contributed by atoms with van der Waals surface area (Å²) in [4.78, 5) is -0.0587. The van der Waals surface area contributed by atoms with Gasteiger partial charge in [-0.05, 0) is 31.5 Å². The predicted molar refractivity (Wildman–Crippen MR) is 76.2 cm³/mol. The molecule has 108 valence electrons. The number of halogens is 1. The molecule has 0 atom stereocenters. The summed E-state index contributed by atoms with van der Waals surface area (Å²) in [5.41, 5.74) is 1.62. The van der Waals surface area contributed by atoms with Crippen molar-refractivity contribution in [3.05, 3.63) is 40.2 Å². The van der Waals surface area contributed by atoms with Crippen LogP contribution in [0.25, 0.3) is 0 Å². The van der Waals surface area contributed by atoms with E-state index in [0.717, 1.165) is 5.56 Å². The molecule has 1 heterocycles. The fourth-order valence-electron chi connectivity index (χ4n) is 1.83. The zero-order chi connectivity index (χ0) is 14.9. The second-order valence-corrected chi connectivity index (χ2v) is 6.40. The van der Waals surface area contributed by atoms with Crippen LogP contribution in [0.15, 0.2) is 23.1 Å². The molecule has 3 N–H and O–H groups in total. The Balaban J connectivity index is 2.43. The molecule has 0 aliphatic carbocycles. The zero-order valence-corrected chi connectivity index (χ0v) is 12.5. The van der Waals surface area contributed by atoms with E-state index in [0.29, 0.717) is 10.7 Å². The van der Waals surface area contributed by atoms with Crippen LogP contribution in [0.4, 0.5) is 5.69 Å². The quantitative estimate of drug-likeness (QED) is 0.804. The number of H-pyrrole nitrogens is 1. The lowest BCUT2D eigenvalue weighted by molar-refractivity contribution is 0.273. The molecule has 1 aromatic heterocycles. The van der Waals surface area contributed by atoms with Gasteiger partial charge < -0.3 is 5.11 Å². The molecule has 0 radical (unpaired) electrons. The second kappa shape index (κ2) is 5.43. The van der Waals surface area contributed by atoms with E-state index in [4.69, 9.17) is 16.7 Å². The number of nitrogens with zero attached hydrogens (tertiary/aromatic N) is 1. The maximum Gasteiger partial charge on any atom is 0.265 e. The van der Waals surface area contributed by atoms with Gasteiger partial charge in [-0.1, -0.05) is 17.7 Å². The molecule has 20 heavy (non-hydrogen) atoms. The van der Waals surface area contributed by atoms with Crippen LogP contribution in [0.1, 0.15) is 17.0 Å². The van der Waals surface area contributed by atoms with Gasteiger partial charge >= 0.3 is 0 Å². The third-order valence-electron chi connectivity index (χ3n) is 2.75. The van der Waals surface area contributed by atoms with Gasteiger partial charge in [0.2, 0.25) is 0 Å². The van der Waals surface area contributed by atoms with E-state index < -0.39 is 16.6 Å². The van der Waals surface area contributed by atoms with Crippen molar-refractivity contribution < 1.29 is 13.5 Å². The van der Waals surface area contributed by atoms with Gasteiger partial charge in [0.05, 0.1) is 23.0 Å². The first-order valence-electron chi connectivity index (χ1n) is 5.79. The van der Waals surface area contributed by atoms with Gasteiger partial charge in [-0.15, -0.1) is 0 Å². The number of anilines is 1. The van der Waals surface area contributed by atoms with Crippen LogP contribution in [0, 0.1) is 13.8 Å². The Labute approximate surface area is 121 Å². The van der Waals surface area contributed by atoms with Gasteiger partial charge in [-0.3, -0.25) is 9.82 Å². The molecule has 0 aliphatic heterocycles. The molecule has 2 rings (SSSR count). The molecule has 1 aromatic carbocycles. The Kier molecular flexibility index (Phi) is 4.03. The highest BCUT2D eigenvalue weighted by Crippen LogP contribution is 2.27. The van der Waals surface area contributed by atoms with E-state index in [1.54, 1.807) is 25.1 Å². The fraction of sp³-hybridized carbons (Fsp3) is 0.250. The van der Waals surface area contributed by atoms with Gasteiger partial charge in [-0.25, -0.2) is 8.42 Å². The number of nitrogens with one attached hydrogen (secondary N) is 2. The largest absolute Gasteiger partial charge is 0.390 e.